The van der Waals surface area contributed by atoms with Gasteiger partial charge >= 0.3 is 0 Å². The highest BCUT2D eigenvalue weighted by atomic mass is 16.5. The van der Waals surface area contributed by atoms with Crippen molar-refractivity contribution in [2.45, 2.75) is 25.7 Å². The van der Waals surface area contributed by atoms with Crippen LogP contribution >= 0.6 is 0 Å². The molecule has 0 aliphatic carbocycles. The highest BCUT2D eigenvalue weighted by Crippen LogP contribution is 1.88. The van der Waals surface area contributed by atoms with E-state index < -0.39 is 6.29 Å². The third kappa shape index (κ3) is 5.88. The molecule has 1 unspecified atom stereocenters. The molecule has 3 nitrogen and oxygen atoms in total. The summed E-state index contributed by atoms with van der Waals surface area (Å²) in [6.07, 6.45) is -1.00. The minimum atomic E-state index is -1.25. The van der Waals surface area contributed by atoms with E-state index in [4.69, 9.17) is 15.9 Å². The minimum Gasteiger partial charge on any atom is -0.368 e. The largest absolute Gasteiger partial charge is 0.368 e. The van der Waals surface area contributed by atoms with Crippen molar-refractivity contribution in [2.24, 2.45) is 5.73 Å². The molecule has 0 rings (SSSR count). The van der Waals surface area contributed by atoms with E-state index in [0.717, 1.165) is 0 Å². The van der Waals surface area contributed by atoms with Crippen LogP contribution in [0.3, 0.4) is 0 Å². The molecule has 4 N–H and O–H groups in total. The van der Waals surface area contributed by atoms with Crippen LogP contribution in [-0.2, 0) is 0 Å². The number of nitrogens with two attached hydrogens (primary N) is 1. The van der Waals surface area contributed by atoms with Gasteiger partial charge in [-0.1, -0.05) is 0 Å². The van der Waals surface area contributed by atoms with E-state index in [1.807, 2.05) is 0 Å². The predicted octanol–water partition coefficient (Wildman–Crippen LogP) is -0.966. The molecule has 0 aromatic carbocycles. The van der Waals surface area contributed by atoms with Crippen LogP contribution in [0.4, 0.5) is 0 Å². The molecule has 1 atom stereocenters. The zero-order valence-corrected chi connectivity index (χ0v) is 4.33. The molecule has 44 valence electrons. The Hall–Kier alpha value is -0.120. The predicted molar refractivity (Wildman–Crippen MR) is 26.5 cm³/mol. The van der Waals surface area contributed by atoms with Crippen molar-refractivity contribution in [3.8, 4) is 0 Å². The molecule has 7 heavy (non-hydrogen) atoms. The molecular formula is C4H11NO2. The monoisotopic (exact) mass is 105 g/mol. The maximum atomic E-state index is 8.20. The third-order valence-electron chi connectivity index (χ3n) is 0.583. The van der Waals surface area contributed by atoms with Crippen LogP contribution in [0.15, 0.2) is 0 Å². The van der Waals surface area contributed by atoms with Gasteiger partial charge in [0.2, 0.25) is 0 Å². The molecule has 0 aromatic rings. The number of aliphatic hydroxyl groups excluding tert-OH is 1. The second-order valence-corrected chi connectivity index (χ2v) is 1.69. The smallest absolute Gasteiger partial charge is 0.152 e. The topological polar surface area (TPSA) is 66.5 Å². The van der Waals surface area contributed by atoms with Gasteiger partial charge in [0.05, 0.1) is 0 Å². The maximum absolute atomic E-state index is 8.20. The molecule has 0 fully saturated rings. The fourth-order valence-electron chi connectivity index (χ4n) is 0.333. The van der Waals surface area contributed by atoms with Crippen LogP contribution in [0.2, 0.25) is 0 Å². The zero-order chi connectivity index (χ0) is 5.86. The molecule has 0 bridgehead atoms. The molecule has 0 aliphatic heterocycles. The van der Waals surface area contributed by atoms with E-state index in [0.29, 0.717) is 0 Å². The van der Waals surface area contributed by atoms with Crippen molar-refractivity contribution < 1.29 is 10.2 Å². The molecule has 0 saturated carbocycles. The molecule has 0 radical (unpaired) electrons. The van der Waals surface area contributed by atoms with Crippen LogP contribution < -0.4 is 5.73 Å². The molecule has 0 spiro atoms. The Bertz CT molecular complexity index is 39.0. The summed E-state index contributed by atoms with van der Waals surface area (Å²) in [6, 6.07) is -0.125. The van der Waals surface area contributed by atoms with E-state index in [2.05, 4.69) is 0 Å². The minimum absolute atomic E-state index is 0.125. The third-order valence-corrected chi connectivity index (χ3v) is 0.583. The first-order chi connectivity index (χ1) is 3.13. The molecule has 3 heteroatoms. The van der Waals surface area contributed by atoms with Crippen molar-refractivity contribution in [2.75, 3.05) is 0 Å². The van der Waals surface area contributed by atoms with Gasteiger partial charge in [-0.05, 0) is 6.92 Å². The summed E-state index contributed by atoms with van der Waals surface area (Å²) >= 11 is 0. The van der Waals surface area contributed by atoms with Crippen LogP contribution in [-0.4, -0.2) is 22.5 Å². The van der Waals surface area contributed by atoms with E-state index in [-0.39, 0.29) is 12.5 Å². The summed E-state index contributed by atoms with van der Waals surface area (Å²) in [7, 11) is 0. The van der Waals surface area contributed by atoms with Gasteiger partial charge in [0, 0.05) is 12.5 Å². The van der Waals surface area contributed by atoms with Gasteiger partial charge in [0.15, 0.2) is 6.29 Å². The van der Waals surface area contributed by atoms with Crippen LogP contribution in [0.5, 0.6) is 0 Å². The lowest BCUT2D eigenvalue weighted by Gasteiger charge is -2.04. The van der Waals surface area contributed by atoms with E-state index in [1.54, 1.807) is 6.92 Å². The van der Waals surface area contributed by atoms with Crippen LogP contribution in [0, 0.1) is 0 Å². The second kappa shape index (κ2) is 2.96. The lowest BCUT2D eigenvalue weighted by Crippen LogP contribution is -2.21. The first kappa shape index (κ1) is 6.88. The number of hydrogen-bond donors (Lipinski definition) is 3. The normalized spacial score (nSPS) is 15.0. The summed E-state index contributed by atoms with van der Waals surface area (Å²) in [5.41, 5.74) is 5.17. The van der Waals surface area contributed by atoms with E-state index in [9.17, 15) is 0 Å². The van der Waals surface area contributed by atoms with Crippen molar-refractivity contribution in [1.82, 2.24) is 0 Å². The molecule has 0 saturated heterocycles. The van der Waals surface area contributed by atoms with E-state index in [1.165, 1.54) is 0 Å². The highest BCUT2D eigenvalue weighted by molar-refractivity contribution is 4.51. The van der Waals surface area contributed by atoms with Crippen LogP contribution in [0.25, 0.3) is 0 Å². The van der Waals surface area contributed by atoms with E-state index >= 15 is 0 Å². The molecule has 0 aliphatic rings. The maximum Gasteiger partial charge on any atom is 0.152 e. The number of aliphatic hydroxyl groups is 2. The van der Waals surface area contributed by atoms with Crippen molar-refractivity contribution >= 4 is 0 Å². The van der Waals surface area contributed by atoms with Gasteiger partial charge in [-0.2, -0.15) is 0 Å². The number of hydrogen-bond acceptors (Lipinski definition) is 3. The van der Waals surface area contributed by atoms with Gasteiger partial charge in [0.1, 0.15) is 0 Å². The molecule has 0 amide bonds. The van der Waals surface area contributed by atoms with Gasteiger partial charge < -0.3 is 15.9 Å². The standard InChI is InChI=1S/C4H11NO2/c1-3(5)2-4(6)7/h3-4,6-7H,2,5H2,1H3. The first-order valence-corrected chi connectivity index (χ1v) is 2.24. The van der Waals surface area contributed by atoms with Crippen LogP contribution in [0.1, 0.15) is 13.3 Å². The number of rotatable bonds is 2. The molecule has 0 aromatic heterocycles. The average Bonchev–Trinajstić information content (AvgIpc) is 1.27. The van der Waals surface area contributed by atoms with Crippen molar-refractivity contribution in [1.29, 1.82) is 0 Å². The Morgan fingerprint density at radius 1 is 1.57 bits per heavy atom. The lowest BCUT2D eigenvalue weighted by atomic mass is 10.2. The van der Waals surface area contributed by atoms with Gasteiger partial charge in [-0.25, -0.2) is 0 Å². The van der Waals surface area contributed by atoms with Gasteiger partial charge in [-0.3, -0.25) is 0 Å². The molecule has 0 heterocycles. The summed E-state index contributed by atoms with van der Waals surface area (Å²) < 4.78 is 0. The summed E-state index contributed by atoms with van der Waals surface area (Å²) in [5.74, 6) is 0. The summed E-state index contributed by atoms with van der Waals surface area (Å²) in [4.78, 5) is 0. The fourth-order valence-corrected chi connectivity index (χ4v) is 0.333. The Balaban J connectivity index is 2.95. The second-order valence-electron chi connectivity index (χ2n) is 1.69. The fraction of sp³-hybridized carbons (Fsp3) is 1.00. The Kier molecular flexibility index (Phi) is 2.91. The Labute approximate surface area is 42.8 Å². The lowest BCUT2D eigenvalue weighted by molar-refractivity contribution is -0.0481. The van der Waals surface area contributed by atoms with Gasteiger partial charge in [0.25, 0.3) is 0 Å². The average molecular weight is 105 g/mol. The van der Waals surface area contributed by atoms with Crippen molar-refractivity contribution in [3.63, 3.8) is 0 Å². The zero-order valence-electron chi connectivity index (χ0n) is 4.33. The molecular weight excluding hydrogens is 94.0 g/mol. The van der Waals surface area contributed by atoms with Crippen molar-refractivity contribution in [3.05, 3.63) is 0 Å². The quantitative estimate of drug-likeness (QED) is 0.396. The van der Waals surface area contributed by atoms with Gasteiger partial charge in [-0.15, -0.1) is 0 Å². The summed E-state index contributed by atoms with van der Waals surface area (Å²) in [5, 5.41) is 16.4. The Morgan fingerprint density at radius 2 is 2.00 bits per heavy atom. The summed E-state index contributed by atoms with van der Waals surface area (Å²) in [6.45, 7) is 1.72. The highest BCUT2D eigenvalue weighted by Gasteiger charge is 1.99. The first-order valence-electron chi connectivity index (χ1n) is 2.24. The SMILES string of the molecule is CC(N)CC(O)O. The Morgan fingerprint density at radius 3 is 2.00 bits per heavy atom.